The van der Waals surface area contributed by atoms with Crippen LogP contribution < -0.4 is 10.1 Å². The lowest BCUT2D eigenvalue weighted by Gasteiger charge is -2.33. The Labute approximate surface area is 166 Å². The average molecular weight is 410 g/mol. The van der Waals surface area contributed by atoms with Crippen molar-refractivity contribution >= 4 is 17.7 Å². The zero-order valence-corrected chi connectivity index (χ0v) is 16.5. The minimum absolute atomic E-state index is 0.0161. The molecule has 1 aliphatic heterocycles. The van der Waals surface area contributed by atoms with Crippen molar-refractivity contribution in [1.29, 1.82) is 0 Å². The number of aromatic nitrogens is 4. The molecule has 0 bridgehead atoms. The number of hydrogen-bond acceptors (Lipinski definition) is 7. The largest absolute Gasteiger partial charge is 0.444 e. The SMILES string of the molecule is CC(C)(C)OC(=O)N1CCC[C@@H](c2cncc(Nc3cc(OC(F)F)[nH]n3)n2)C1. The number of alkyl halides is 2. The zero-order valence-electron chi connectivity index (χ0n) is 16.5. The molecule has 0 unspecified atom stereocenters. The molecule has 1 fully saturated rings. The number of anilines is 2. The predicted octanol–water partition coefficient (Wildman–Crippen LogP) is 3.66. The summed E-state index contributed by atoms with van der Waals surface area (Å²) >= 11 is 0. The van der Waals surface area contributed by atoms with Crippen LogP contribution in [0.4, 0.5) is 25.2 Å². The van der Waals surface area contributed by atoms with Crippen molar-refractivity contribution in [2.75, 3.05) is 18.4 Å². The van der Waals surface area contributed by atoms with E-state index in [2.05, 4.69) is 30.2 Å². The molecule has 1 amide bonds. The maximum Gasteiger partial charge on any atom is 0.410 e. The molecule has 0 saturated carbocycles. The molecule has 0 radical (unpaired) electrons. The number of nitrogens with zero attached hydrogens (tertiary/aromatic N) is 4. The van der Waals surface area contributed by atoms with E-state index in [4.69, 9.17) is 4.74 Å². The molecule has 2 N–H and O–H groups in total. The minimum Gasteiger partial charge on any atom is -0.444 e. The Bertz CT molecular complexity index is 839. The van der Waals surface area contributed by atoms with E-state index in [1.54, 1.807) is 11.1 Å². The third kappa shape index (κ3) is 6.00. The Balaban J connectivity index is 1.65. The van der Waals surface area contributed by atoms with Gasteiger partial charge in [0.05, 0.1) is 11.9 Å². The van der Waals surface area contributed by atoms with Gasteiger partial charge in [0.25, 0.3) is 0 Å². The highest BCUT2D eigenvalue weighted by atomic mass is 19.3. The second-order valence-corrected chi connectivity index (χ2v) is 7.72. The number of likely N-dealkylation sites (tertiary alicyclic amines) is 1. The predicted molar refractivity (Wildman–Crippen MR) is 100 cm³/mol. The van der Waals surface area contributed by atoms with Crippen LogP contribution in [0.3, 0.4) is 0 Å². The zero-order chi connectivity index (χ0) is 21.0. The highest BCUT2D eigenvalue weighted by molar-refractivity contribution is 5.68. The molecule has 11 heteroatoms. The van der Waals surface area contributed by atoms with Gasteiger partial charge in [-0.25, -0.2) is 14.9 Å². The standard InChI is InChI=1S/C18H24F2N6O3/c1-18(2,3)29-17(27)26-6-4-5-11(10-26)12-8-21-9-14(22-12)23-13-7-15(25-24-13)28-16(19)20/h7-9,11,16H,4-6,10H2,1-3H3,(H2,22,23,24,25)/t11-/m1/s1. The quantitative estimate of drug-likeness (QED) is 0.775. The van der Waals surface area contributed by atoms with Crippen LogP contribution in [0.25, 0.3) is 0 Å². The smallest absolute Gasteiger partial charge is 0.410 e. The van der Waals surface area contributed by atoms with Gasteiger partial charge in [0.2, 0.25) is 5.88 Å². The van der Waals surface area contributed by atoms with Gasteiger partial charge in [-0.3, -0.25) is 4.98 Å². The highest BCUT2D eigenvalue weighted by Gasteiger charge is 2.29. The van der Waals surface area contributed by atoms with Crippen molar-refractivity contribution in [3.63, 3.8) is 0 Å². The van der Waals surface area contributed by atoms with Crippen LogP contribution in [0.2, 0.25) is 0 Å². The normalized spacial score (nSPS) is 17.3. The maximum absolute atomic E-state index is 12.4. The molecule has 3 rings (SSSR count). The summed E-state index contributed by atoms with van der Waals surface area (Å²) in [6, 6.07) is 1.30. The molecule has 3 heterocycles. The van der Waals surface area contributed by atoms with Crippen LogP contribution in [0.1, 0.15) is 45.2 Å². The Morgan fingerprint density at radius 1 is 1.34 bits per heavy atom. The van der Waals surface area contributed by atoms with Gasteiger partial charge in [-0.05, 0) is 33.6 Å². The van der Waals surface area contributed by atoms with Gasteiger partial charge in [-0.15, -0.1) is 0 Å². The minimum atomic E-state index is -2.94. The molecular weight excluding hydrogens is 386 g/mol. The van der Waals surface area contributed by atoms with Crippen molar-refractivity contribution < 1.29 is 23.0 Å². The number of halogens is 2. The number of rotatable bonds is 5. The molecular formula is C18H24F2N6O3. The van der Waals surface area contributed by atoms with E-state index in [1.807, 2.05) is 20.8 Å². The van der Waals surface area contributed by atoms with Crippen molar-refractivity contribution in [3.8, 4) is 5.88 Å². The lowest BCUT2D eigenvalue weighted by molar-refractivity contribution is -0.0528. The van der Waals surface area contributed by atoms with Crippen molar-refractivity contribution in [2.24, 2.45) is 0 Å². The van der Waals surface area contributed by atoms with Crippen LogP contribution >= 0.6 is 0 Å². The molecule has 1 saturated heterocycles. The van der Waals surface area contributed by atoms with Gasteiger partial charge in [0.15, 0.2) is 5.82 Å². The molecule has 9 nitrogen and oxygen atoms in total. The Hall–Kier alpha value is -2.98. The van der Waals surface area contributed by atoms with E-state index in [0.717, 1.165) is 18.5 Å². The van der Waals surface area contributed by atoms with E-state index in [0.29, 0.717) is 18.9 Å². The molecule has 158 valence electrons. The third-order valence-corrected chi connectivity index (χ3v) is 4.17. The molecule has 1 aliphatic rings. The number of aromatic amines is 1. The molecule has 0 spiro atoms. The second kappa shape index (κ2) is 8.58. The van der Waals surface area contributed by atoms with Crippen LogP contribution in [0.5, 0.6) is 5.88 Å². The summed E-state index contributed by atoms with van der Waals surface area (Å²) < 4.78 is 34.2. The van der Waals surface area contributed by atoms with Crippen molar-refractivity contribution in [1.82, 2.24) is 25.1 Å². The number of carbonyl (C=O) groups is 1. The summed E-state index contributed by atoms with van der Waals surface area (Å²) in [5, 5.41) is 9.09. The molecule has 29 heavy (non-hydrogen) atoms. The van der Waals surface area contributed by atoms with E-state index in [9.17, 15) is 13.6 Å². The van der Waals surface area contributed by atoms with Gasteiger partial charge in [0, 0.05) is 31.3 Å². The molecule has 2 aromatic rings. The fourth-order valence-electron chi connectivity index (χ4n) is 3.00. The number of piperidine rings is 1. The van der Waals surface area contributed by atoms with Crippen LogP contribution in [-0.4, -0.2) is 56.5 Å². The van der Waals surface area contributed by atoms with Gasteiger partial charge >= 0.3 is 12.7 Å². The van der Waals surface area contributed by atoms with Gasteiger partial charge in [-0.2, -0.15) is 13.9 Å². The summed E-state index contributed by atoms with van der Waals surface area (Å²) in [7, 11) is 0. The maximum atomic E-state index is 12.4. The first kappa shape index (κ1) is 20.7. The number of hydrogen-bond donors (Lipinski definition) is 2. The molecule has 1 atom stereocenters. The summed E-state index contributed by atoms with van der Waals surface area (Å²) in [4.78, 5) is 22.8. The highest BCUT2D eigenvalue weighted by Crippen LogP contribution is 2.27. The monoisotopic (exact) mass is 410 g/mol. The fourth-order valence-corrected chi connectivity index (χ4v) is 3.00. The van der Waals surface area contributed by atoms with Crippen LogP contribution in [0.15, 0.2) is 18.5 Å². The summed E-state index contributed by atoms with van der Waals surface area (Å²) in [5.74, 6) is 0.535. The number of carbonyl (C=O) groups excluding carboxylic acids is 1. The first-order valence-electron chi connectivity index (χ1n) is 9.27. The number of nitrogens with one attached hydrogen (secondary N) is 2. The molecule has 2 aromatic heterocycles. The van der Waals surface area contributed by atoms with Crippen molar-refractivity contribution in [3.05, 3.63) is 24.2 Å². The Morgan fingerprint density at radius 3 is 2.86 bits per heavy atom. The lowest BCUT2D eigenvalue weighted by Crippen LogP contribution is -2.42. The Morgan fingerprint density at radius 2 is 2.14 bits per heavy atom. The van der Waals surface area contributed by atoms with Gasteiger partial charge in [0.1, 0.15) is 11.4 Å². The second-order valence-electron chi connectivity index (χ2n) is 7.72. The van der Waals surface area contributed by atoms with Crippen LogP contribution in [0, 0.1) is 0 Å². The number of amides is 1. The van der Waals surface area contributed by atoms with E-state index in [-0.39, 0.29) is 23.7 Å². The van der Waals surface area contributed by atoms with E-state index >= 15 is 0 Å². The summed E-state index contributed by atoms with van der Waals surface area (Å²) in [5.41, 5.74) is 0.173. The Kier molecular flexibility index (Phi) is 6.14. The van der Waals surface area contributed by atoms with E-state index < -0.39 is 12.2 Å². The van der Waals surface area contributed by atoms with Gasteiger partial charge in [-0.1, -0.05) is 0 Å². The van der Waals surface area contributed by atoms with Crippen molar-refractivity contribution in [2.45, 2.75) is 51.7 Å². The van der Waals surface area contributed by atoms with Gasteiger partial charge < -0.3 is 19.7 Å². The first-order valence-corrected chi connectivity index (χ1v) is 9.27. The fraction of sp³-hybridized carbons (Fsp3) is 0.556. The lowest BCUT2D eigenvalue weighted by atomic mass is 9.95. The number of ether oxygens (including phenoxy) is 2. The first-order chi connectivity index (χ1) is 13.7. The average Bonchev–Trinajstić information content (AvgIpc) is 3.06. The topological polar surface area (TPSA) is 105 Å². The van der Waals surface area contributed by atoms with Crippen LogP contribution in [-0.2, 0) is 4.74 Å². The third-order valence-electron chi connectivity index (χ3n) is 4.17. The van der Waals surface area contributed by atoms with E-state index in [1.165, 1.54) is 12.3 Å². The number of H-pyrrole nitrogens is 1. The summed E-state index contributed by atoms with van der Waals surface area (Å²) in [6.45, 7) is 3.68. The molecule has 0 aliphatic carbocycles. The summed E-state index contributed by atoms with van der Waals surface area (Å²) in [6.07, 6.45) is 4.51. The molecule has 0 aromatic carbocycles.